The van der Waals surface area contributed by atoms with Crippen LogP contribution in [-0.2, 0) is 0 Å². The molecule has 0 amide bonds. The van der Waals surface area contributed by atoms with Gasteiger partial charge in [0.1, 0.15) is 0 Å². The summed E-state index contributed by atoms with van der Waals surface area (Å²) in [4.78, 5) is 0. The van der Waals surface area contributed by atoms with Gasteiger partial charge in [0, 0.05) is 5.92 Å². The third-order valence-electron chi connectivity index (χ3n) is 2.82. The van der Waals surface area contributed by atoms with Crippen LogP contribution < -0.4 is 0 Å². The third-order valence-corrected chi connectivity index (χ3v) is 2.82. The zero-order valence-corrected chi connectivity index (χ0v) is 7.29. The average molecular weight is 153 g/mol. The molecule has 1 atom stereocenters. The minimum atomic E-state index is 0.851. The summed E-state index contributed by atoms with van der Waals surface area (Å²) in [6.45, 7) is 8.74. The molecule has 1 aliphatic heterocycles. The molecule has 1 saturated carbocycles. The molecule has 2 fully saturated rings. The Bertz CT molecular complexity index is 172. The van der Waals surface area contributed by atoms with Crippen molar-refractivity contribution in [3.63, 3.8) is 0 Å². The number of hydrogen-bond acceptors (Lipinski definition) is 1. The van der Waals surface area contributed by atoms with Gasteiger partial charge in [0.2, 0.25) is 0 Å². The van der Waals surface area contributed by atoms with Crippen LogP contribution in [0, 0.1) is 5.92 Å². The molecule has 2 nitrogen and oxygen atoms in total. The SMILES string of the molecule is C=[N+]1CC(CC)CN1C1CC1. The van der Waals surface area contributed by atoms with Gasteiger partial charge in [-0.15, -0.1) is 4.68 Å². The van der Waals surface area contributed by atoms with Gasteiger partial charge in [0.15, 0.2) is 13.3 Å². The molecule has 2 aliphatic rings. The monoisotopic (exact) mass is 153 g/mol. The van der Waals surface area contributed by atoms with E-state index < -0.39 is 0 Å². The van der Waals surface area contributed by atoms with Crippen molar-refractivity contribution in [3.8, 4) is 0 Å². The largest absolute Gasteiger partial charge is 0.183 e. The second-order valence-corrected chi connectivity index (χ2v) is 3.82. The Balaban J connectivity index is 1.96. The lowest BCUT2D eigenvalue weighted by molar-refractivity contribution is -0.664. The molecule has 0 bridgehead atoms. The van der Waals surface area contributed by atoms with Gasteiger partial charge in [-0.05, 0) is 19.3 Å². The summed E-state index contributed by atoms with van der Waals surface area (Å²) in [7, 11) is 0. The zero-order chi connectivity index (χ0) is 7.84. The fraction of sp³-hybridized carbons (Fsp3) is 0.889. The van der Waals surface area contributed by atoms with E-state index in [2.05, 4.69) is 23.3 Å². The highest BCUT2D eigenvalue weighted by Crippen LogP contribution is 2.30. The number of rotatable bonds is 2. The van der Waals surface area contributed by atoms with E-state index in [0.29, 0.717) is 0 Å². The first-order valence-corrected chi connectivity index (χ1v) is 4.66. The van der Waals surface area contributed by atoms with Gasteiger partial charge in [-0.25, -0.2) is 0 Å². The molecule has 1 saturated heterocycles. The van der Waals surface area contributed by atoms with Crippen molar-refractivity contribution in [1.29, 1.82) is 0 Å². The Kier molecular flexibility index (Phi) is 1.63. The molecular weight excluding hydrogens is 136 g/mol. The van der Waals surface area contributed by atoms with Crippen molar-refractivity contribution < 1.29 is 4.68 Å². The quantitative estimate of drug-likeness (QED) is 0.539. The Morgan fingerprint density at radius 2 is 2.27 bits per heavy atom. The van der Waals surface area contributed by atoms with Crippen LogP contribution in [0.3, 0.4) is 0 Å². The molecule has 0 N–H and O–H groups in total. The highest BCUT2D eigenvalue weighted by molar-refractivity contribution is 5.14. The number of hydrogen-bond donors (Lipinski definition) is 0. The van der Waals surface area contributed by atoms with Crippen molar-refractivity contribution in [2.45, 2.75) is 32.2 Å². The van der Waals surface area contributed by atoms with Gasteiger partial charge in [-0.2, -0.15) is 5.01 Å². The van der Waals surface area contributed by atoms with E-state index in [0.717, 1.165) is 12.0 Å². The topological polar surface area (TPSA) is 6.25 Å². The Morgan fingerprint density at radius 1 is 1.55 bits per heavy atom. The lowest BCUT2D eigenvalue weighted by Gasteiger charge is -2.09. The molecule has 1 unspecified atom stereocenters. The van der Waals surface area contributed by atoms with Crippen molar-refractivity contribution in [2.75, 3.05) is 13.1 Å². The lowest BCUT2D eigenvalue weighted by atomic mass is 10.1. The van der Waals surface area contributed by atoms with Crippen LogP contribution in [0.25, 0.3) is 0 Å². The van der Waals surface area contributed by atoms with Crippen LogP contribution in [0.4, 0.5) is 0 Å². The van der Waals surface area contributed by atoms with Crippen LogP contribution in [0.2, 0.25) is 0 Å². The van der Waals surface area contributed by atoms with E-state index in [-0.39, 0.29) is 0 Å². The summed E-state index contributed by atoms with van der Waals surface area (Å²) < 4.78 is 2.17. The number of hydrazine groups is 1. The van der Waals surface area contributed by atoms with E-state index in [9.17, 15) is 0 Å². The van der Waals surface area contributed by atoms with Gasteiger partial charge in [0.05, 0.1) is 12.6 Å². The molecule has 2 heteroatoms. The molecule has 0 aromatic heterocycles. The summed E-state index contributed by atoms with van der Waals surface area (Å²) in [6, 6.07) is 0.851. The Hall–Kier alpha value is -0.530. The normalized spacial score (nSPS) is 31.5. The first kappa shape index (κ1) is 7.14. The van der Waals surface area contributed by atoms with E-state index >= 15 is 0 Å². The van der Waals surface area contributed by atoms with Crippen molar-refractivity contribution in [3.05, 3.63) is 0 Å². The molecule has 62 valence electrons. The van der Waals surface area contributed by atoms with Crippen molar-refractivity contribution in [1.82, 2.24) is 5.01 Å². The van der Waals surface area contributed by atoms with Gasteiger partial charge in [-0.1, -0.05) is 6.92 Å². The van der Waals surface area contributed by atoms with Crippen LogP contribution in [-0.4, -0.2) is 35.5 Å². The summed E-state index contributed by atoms with van der Waals surface area (Å²) in [5.41, 5.74) is 0. The number of nitrogens with zero attached hydrogens (tertiary/aromatic N) is 2. The van der Waals surface area contributed by atoms with Gasteiger partial charge in [0.25, 0.3) is 0 Å². The lowest BCUT2D eigenvalue weighted by Crippen LogP contribution is -2.29. The highest BCUT2D eigenvalue weighted by atomic mass is 15.6. The predicted octanol–water partition coefficient (Wildman–Crippen LogP) is 1.12. The van der Waals surface area contributed by atoms with Crippen molar-refractivity contribution >= 4 is 6.72 Å². The van der Waals surface area contributed by atoms with E-state index in [1.165, 1.54) is 32.4 Å². The third kappa shape index (κ3) is 1.26. The first-order chi connectivity index (χ1) is 5.31. The summed E-state index contributed by atoms with van der Waals surface area (Å²) in [6.07, 6.45) is 4.08. The fourth-order valence-corrected chi connectivity index (χ4v) is 1.85. The van der Waals surface area contributed by atoms with Crippen LogP contribution in [0.1, 0.15) is 26.2 Å². The maximum Gasteiger partial charge on any atom is 0.175 e. The highest BCUT2D eigenvalue weighted by Gasteiger charge is 2.41. The second kappa shape index (κ2) is 2.50. The zero-order valence-electron chi connectivity index (χ0n) is 7.29. The van der Waals surface area contributed by atoms with Crippen molar-refractivity contribution in [2.24, 2.45) is 5.92 Å². The van der Waals surface area contributed by atoms with Crippen LogP contribution in [0.15, 0.2) is 0 Å². The van der Waals surface area contributed by atoms with E-state index in [1.54, 1.807) is 0 Å². The van der Waals surface area contributed by atoms with Gasteiger partial charge >= 0.3 is 0 Å². The van der Waals surface area contributed by atoms with Crippen LogP contribution in [0.5, 0.6) is 0 Å². The first-order valence-electron chi connectivity index (χ1n) is 4.66. The molecule has 0 radical (unpaired) electrons. The smallest absolute Gasteiger partial charge is 0.175 e. The Labute approximate surface area is 68.5 Å². The van der Waals surface area contributed by atoms with Crippen LogP contribution >= 0.6 is 0 Å². The van der Waals surface area contributed by atoms with E-state index in [1.807, 2.05) is 0 Å². The molecule has 0 aromatic rings. The summed E-state index contributed by atoms with van der Waals surface area (Å²) >= 11 is 0. The average Bonchev–Trinajstić information content (AvgIpc) is 2.76. The summed E-state index contributed by atoms with van der Waals surface area (Å²) in [5, 5.41) is 2.45. The standard InChI is InChI=1S/C9H17N2/c1-3-8-6-10(2)11(7-8)9-4-5-9/h8-9H,2-7H2,1H3/q+1. The van der Waals surface area contributed by atoms with Gasteiger partial charge in [-0.3, -0.25) is 0 Å². The maximum absolute atomic E-state index is 4.04. The minimum absolute atomic E-state index is 0.851. The minimum Gasteiger partial charge on any atom is -0.183 e. The maximum atomic E-state index is 4.04. The predicted molar refractivity (Wildman–Crippen MR) is 45.8 cm³/mol. The van der Waals surface area contributed by atoms with E-state index in [4.69, 9.17) is 0 Å². The summed E-state index contributed by atoms with van der Waals surface area (Å²) in [5.74, 6) is 0.869. The molecule has 0 aromatic carbocycles. The second-order valence-electron chi connectivity index (χ2n) is 3.82. The molecule has 1 heterocycles. The molecular formula is C9H17N2+. The Morgan fingerprint density at radius 3 is 2.73 bits per heavy atom. The molecule has 1 aliphatic carbocycles. The number of hydrazone groups is 1. The fourth-order valence-electron chi connectivity index (χ4n) is 1.85. The molecule has 11 heavy (non-hydrogen) atoms. The molecule has 0 spiro atoms. The van der Waals surface area contributed by atoms with Gasteiger partial charge < -0.3 is 0 Å². The molecule has 2 rings (SSSR count).